The first-order valence-corrected chi connectivity index (χ1v) is 5.17. The minimum Gasteiger partial charge on any atom is -0.384 e. The zero-order valence-corrected chi connectivity index (χ0v) is 8.82. The van der Waals surface area contributed by atoms with E-state index in [4.69, 9.17) is 0 Å². The molecule has 0 aliphatic heterocycles. The van der Waals surface area contributed by atoms with Gasteiger partial charge in [-0.3, -0.25) is 4.98 Å². The van der Waals surface area contributed by atoms with E-state index in [1.54, 1.807) is 18.5 Å². The summed E-state index contributed by atoms with van der Waals surface area (Å²) in [7, 11) is 0. The predicted molar refractivity (Wildman–Crippen MR) is 64.7 cm³/mol. The van der Waals surface area contributed by atoms with Crippen LogP contribution in [0.2, 0.25) is 0 Å². The van der Waals surface area contributed by atoms with Crippen molar-refractivity contribution in [2.45, 2.75) is 6.10 Å². The van der Waals surface area contributed by atoms with Gasteiger partial charge in [-0.2, -0.15) is 0 Å². The summed E-state index contributed by atoms with van der Waals surface area (Å²) >= 11 is 0. The first-order chi connectivity index (χ1) is 7.86. The van der Waals surface area contributed by atoms with Crippen molar-refractivity contribution in [2.24, 2.45) is 0 Å². The third-order valence-corrected chi connectivity index (χ3v) is 2.30. The van der Waals surface area contributed by atoms with Crippen molar-refractivity contribution in [3.63, 3.8) is 0 Å². The molecule has 2 heteroatoms. The van der Waals surface area contributed by atoms with Crippen molar-refractivity contribution >= 4 is 6.08 Å². The van der Waals surface area contributed by atoms with Gasteiger partial charge in [0.25, 0.3) is 0 Å². The van der Waals surface area contributed by atoms with Crippen LogP contribution in [0.3, 0.4) is 0 Å². The topological polar surface area (TPSA) is 33.1 Å². The molecule has 16 heavy (non-hydrogen) atoms. The Morgan fingerprint density at radius 3 is 2.56 bits per heavy atom. The summed E-state index contributed by atoms with van der Waals surface area (Å²) in [6.07, 6.45) is 6.41. The number of benzene rings is 1. The van der Waals surface area contributed by atoms with Crippen molar-refractivity contribution in [1.29, 1.82) is 0 Å². The third-order valence-electron chi connectivity index (χ3n) is 2.30. The lowest BCUT2D eigenvalue weighted by atomic mass is 10.1. The van der Waals surface area contributed by atoms with Gasteiger partial charge in [-0.05, 0) is 11.6 Å². The van der Waals surface area contributed by atoms with Crippen LogP contribution in [0.5, 0.6) is 0 Å². The highest BCUT2D eigenvalue weighted by Crippen LogP contribution is 2.14. The molecular weight excluding hydrogens is 198 g/mol. The number of nitrogens with zero attached hydrogens (tertiary/aromatic N) is 1. The molecular formula is C14H13NO. The number of hydrogen-bond acceptors (Lipinski definition) is 2. The fourth-order valence-electron chi connectivity index (χ4n) is 1.43. The molecule has 2 aromatic rings. The number of aliphatic hydroxyl groups excluding tert-OH is 1. The second-order valence-corrected chi connectivity index (χ2v) is 3.50. The number of aliphatic hydroxyl groups is 1. The first-order valence-electron chi connectivity index (χ1n) is 5.17. The Kier molecular flexibility index (Phi) is 3.46. The van der Waals surface area contributed by atoms with Crippen molar-refractivity contribution in [3.05, 3.63) is 72.1 Å². The predicted octanol–water partition coefficient (Wildman–Crippen LogP) is 2.83. The summed E-state index contributed by atoms with van der Waals surface area (Å²) in [6.45, 7) is 0. The number of rotatable bonds is 3. The number of hydrogen-bond donors (Lipinski definition) is 1. The molecule has 0 bridgehead atoms. The Bertz CT molecular complexity index is 451. The smallest absolute Gasteiger partial charge is 0.0989 e. The van der Waals surface area contributed by atoms with Crippen LogP contribution in [-0.4, -0.2) is 10.1 Å². The molecule has 0 radical (unpaired) electrons. The Morgan fingerprint density at radius 1 is 1.06 bits per heavy atom. The summed E-state index contributed by atoms with van der Waals surface area (Å²) in [4.78, 5) is 3.97. The molecule has 0 aliphatic rings. The number of aromatic nitrogens is 1. The van der Waals surface area contributed by atoms with E-state index in [2.05, 4.69) is 4.98 Å². The highest BCUT2D eigenvalue weighted by atomic mass is 16.3. The van der Waals surface area contributed by atoms with Crippen LogP contribution in [0, 0.1) is 0 Å². The molecule has 0 saturated heterocycles. The van der Waals surface area contributed by atoms with Crippen LogP contribution in [0.25, 0.3) is 6.08 Å². The molecule has 0 amide bonds. The maximum atomic E-state index is 9.86. The Balaban J connectivity index is 2.08. The minimum absolute atomic E-state index is 0.603. The molecule has 0 aliphatic carbocycles. The van der Waals surface area contributed by atoms with Crippen LogP contribution in [0.4, 0.5) is 0 Å². The normalized spacial score (nSPS) is 12.8. The fourth-order valence-corrected chi connectivity index (χ4v) is 1.43. The average molecular weight is 211 g/mol. The minimum atomic E-state index is -0.603. The fraction of sp³-hybridized carbons (Fsp3) is 0.0714. The van der Waals surface area contributed by atoms with Gasteiger partial charge < -0.3 is 5.11 Å². The number of pyridine rings is 1. The van der Waals surface area contributed by atoms with E-state index in [1.165, 1.54) is 0 Å². The van der Waals surface area contributed by atoms with Gasteiger partial charge >= 0.3 is 0 Å². The highest BCUT2D eigenvalue weighted by Gasteiger charge is 2.01. The van der Waals surface area contributed by atoms with E-state index in [9.17, 15) is 5.11 Å². The third kappa shape index (κ3) is 2.78. The van der Waals surface area contributed by atoms with Crippen LogP contribution < -0.4 is 0 Å². The molecule has 1 aromatic heterocycles. The quantitative estimate of drug-likeness (QED) is 0.846. The van der Waals surface area contributed by atoms with Crippen molar-refractivity contribution in [3.8, 4) is 0 Å². The Labute approximate surface area is 94.9 Å². The standard InChI is InChI=1S/C14H13NO/c16-14(13-7-4-10-15-11-13)9-8-12-5-2-1-3-6-12/h1-11,14,16H/b9-8+. The van der Waals surface area contributed by atoms with Gasteiger partial charge in [0.1, 0.15) is 0 Å². The van der Waals surface area contributed by atoms with Crippen LogP contribution >= 0.6 is 0 Å². The molecule has 1 heterocycles. The largest absolute Gasteiger partial charge is 0.384 e. The van der Waals surface area contributed by atoms with E-state index >= 15 is 0 Å². The monoisotopic (exact) mass is 211 g/mol. The summed E-state index contributed by atoms with van der Waals surface area (Å²) in [5.74, 6) is 0. The molecule has 0 spiro atoms. The zero-order chi connectivity index (χ0) is 11.2. The Morgan fingerprint density at radius 2 is 1.88 bits per heavy atom. The van der Waals surface area contributed by atoms with Crippen molar-refractivity contribution in [2.75, 3.05) is 0 Å². The summed E-state index contributed by atoms with van der Waals surface area (Å²) in [6, 6.07) is 13.6. The van der Waals surface area contributed by atoms with Crippen LogP contribution in [0.1, 0.15) is 17.2 Å². The van der Waals surface area contributed by atoms with Gasteiger partial charge in [-0.15, -0.1) is 0 Å². The maximum Gasteiger partial charge on any atom is 0.0989 e. The van der Waals surface area contributed by atoms with Crippen LogP contribution in [0.15, 0.2) is 60.9 Å². The lowest BCUT2D eigenvalue weighted by Crippen LogP contribution is -1.92. The second kappa shape index (κ2) is 5.24. The maximum absolute atomic E-state index is 9.86. The second-order valence-electron chi connectivity index (χ2n) is 3.50. The molecule has 1 atom stereocenters. The van der Waals surface area contributed by atoms with Gasteiger partial charge in [0.05, 0.1) is 6.10 Å². The SMILES string of the molecule is OC(/C=C/c1ccccc1)c1cccnc1. The average Bonchev–Trinajstić information content (AvgIpc) is 2.38. The summed E-state index contributed by atoms with van der Waals surface area (Å²) < 4.78 is 0. The molecule has 1 unspecified atom stereocenters. The molecule has 0 fully saturated rings. The molecule has 2 nitrogen and oxygen atoms in total. The first kappa shape index (κ1) is 10.6. The lowest BCUT2D eigenvalue weighted by molar-refractivity contribution is 0.229. The molecule has 1 N–H and O–H groups in total. The van der Waals surface area contributed by atoms with E-state index in [0.29, 0.717) is 0 Å². The Hall–Kier alpha value is -1.93. The van der Waals surface area contributed by atoms with Crippen molar-refractivity contribution in [1.82, 2.24) is 4.98 Å². The lowest BCUT2D eigenvalue weighted by Gasteiger charge is -2.04. The molecule has 0 saturated carbocycles. The summed E-state index contributed by atoms with van der Waals surface area (Å²) in [5, 5.41) is 9.86. The van der Waals surface area contributed by atoms with Gasteiger partial charge in [0.15, 0.2) is 0 Å². The molecule has 1 aromatic carbocycles. The van der Waals surface area contributed by atoms with Gasteiger partial charge in [-0.1, -0.05) is 48.6 Å². The van der Waals surface area contributed by atoms with E-state index < -0.39 is 6.10 Å². The highest BCUT2D eigenvalue weighted by molar-refractivity contribution is 5.49. The zero-order valence-electron chi connectivity index (χ0n) is 8.82. The van der Waals surface area contributed by atoms with Crippen LogP contribution in [-0.2, 0) is 0 Å². The van der Waals surface area contributed by atoms with E-state index in [-0.39, 0.29) is 0 Å². The van der Waals surface area contributed by atoms with E-state index in [0.717, 1.165) is 11.1 Å². The van der Waals surface area contributed by atoms with Crippen molar-refractivity contribution < 1.29 is 5.11 Å². The molecule has 2 rings (SSSR count). The van der Waals surface area contributed by atoms with Gasteiger partial charge in [0, 0.05) is 18.0 Å². The summed E-state index contributed by atoms with van der Waals surface area (Å²) in [5.41, 5.74) is 1.88. The van der Waals surface area contributed by atoms with Gasteiger partial charge in [0.2, 0.25) is 0 Å². The van der Waals surface area contributed by atoms with E-state index in [1.807, 2.05) is 48.5 Å². The van der Waals surface area contributed by atoms with Gasteiger partial charge in [-0.25, -0.2) is 0 Å². The molecule has 80 valence electrons.